The molecular formula is C15H9Cl2NO2S2. The lowest BCUT2D eigenvalue weighted by atomic mass is 10.2. The van der Waals surface area contributed by atoms with Gasteiger partial charge in [-0.1, -0.05) is 35.4 Å². The van der Waals surface area contributed by atoms with E-state index in [4.69, 9.17) is 56.8 Å². The van der Waals surface area contributed by atoms with Gasteiger partial charge in [-0.3, -0.25) is 4.57 Å². The molecule has 0 amide bonds. The average Bonchev–Trinajstić information content (AvgIpc) is 2.50. The Hall–Kier alpha value is -1.40. The van der Waals surface area contributed by atoms with Crippen LogP contribution in [-0.4, -0.2) is 11.7 Å². The maximum Gasteiger partial charge on any atom is 0.274 e. The second kappa shape index (κ2) is 6.01. The molecule has 1 heterocycles. The first-order valence-corrected chi connectivity index (χ1v) is 7.78. The van der Waals surface area contributed by atoms with Crippen LogP contribution in [0.15, 0.2) is 40.8 Å². The molecule has 7 heteroatoms. The SMILES string of the molecule is COc1ccc2c(=S)n(-c3ccc(Cl)c(Cl)c3)c(=S)oc2c1. The van der Waals surface area contributed by atoms with Crippen molar-refractivity contribution in [2.24, 2.45) is 0 Å². The van der Waals surface area contributed by atoms with Gasteiger partial charge in [0.2, 0.25) is 0 Å². The first kappa shape index (κ1) is 15.5. The molecule has 1 aromatic heterocycles. The Balaban J connectivity index is 2.33. The van der Waals surface area contributed by atoms with Crippen molar-refractivity contribution in [3.05, 3.63) is 55.9 Å². The van der Waals surface area contributed by atoms with E-state index in [-0.39, 0.29) is 4.84 Å². The number of halogens is 2. The molecule has 0 fully saturated rings. The van der Waals surface area contributed by atoms with Crippen molar-refractivity contribution in [1.82, 2.24) is 4.57 Å². The summed E-state index contributed by atoms with van der Waals surface area (Å²) in [6.45, 7) is 0. The number of benzene rings is 2. The van der Waals surface area contributed by atoms with Gasteiger partial charge in [-0.2, -0.15) is 0 Å². The Morgan fingerprint density at radius 1 is 1.05 bits per heavy atom. The fourth-order valence-electron chi connectivity index (χ4n) is 2.08. The molecule has 0 saturated heterocycles. The number of nitrogens with zero attached hydrogens (tertiary/aromatic N) is 1. The van der Waals surface area contributed by atoms with Crippen LogP contribution in [0.3, 0.4) is 0 Å². The molecule has 0 aliphatic heterocycles. The van der Waals surface area contributed by atoms with Gasteiger partial charge in [-0.05, 0) is 42.5 Å². The summed E-state index contributed by atoms with van der Waals surface area (Å²) in [5.41, 5.74) is 1.27. The Morgan fingerprint density at radius 2 is 1.82 bits per heavy atom. The van der Waals surface area contributed by atoms with E-state index < -0.39 is 0 Å². The molecule has 0 bridgehead atoms. The van der Waals surface area contributed by atoms with Gasteiger partial charge in [-0.25, -0.2) is 0 Å². The van der Waals surface area contributed by atoms with E-state index in [9.17, 15) is 0 Å². The van der Waals surface area contributed by atoms with Gasteiger partial charge in [0.1, 0.15) is 16.0 Å². The Kier molecular flexibility index (Phi) is 4.23. The fraction of sp³-hybridized carbons (Fsp3) is 0.0667. The Labute approximate surface area is 146 Å². The maximum absolute atomic E-state index is 6.07. The maximum atomic E-state index is 6.07. The number of fused-ring (bicyclic) bond motifs is 1. The van der Waals surface area contributed by atoms with E-state index >= 15 is 0 Å². The van der Waals surface area contributed by atoms with Gasteiger partial charge in [0, 0.05) is 6.07 Å². The molecule has 0 unspecified atom stereocenters. The molecule has 0 radical (unpaired) electrons. The number of hydrogen-bond acceptors (Lipinski definition) is 4. The summed E-state index contributed by atoms with van der Waals surface area (Å²) in [6.07, 6.45) is 0. The molecule has 112 valence electrons. The van der Waals surface area contributed by atoms with E-state index in [1.807, 2.05) is 12.1 Å². The lowest BCUT2D eigenvalue weighted by molar-refractivity contribution is 0.414. The highest BCUT2D eigenvalue weighted by Crippen LogP contribution is 2.28. The molecule has 3 rings (SSSR count). The minimum Gasteiger partial charge on any atom is -0.497 e. The topological polar surface area (TPSA) is 27.3 Å². The van der Waals surface area contributed by atoms with Gasteiger partial charge in [0.25, 0.3) is 4.84 Å². The zero-order valence-corrected chi connectivity index (χ0v) is 14.4. The molecule has 22 heavy (non-hydrogen) atoms. The second-order valence-corrected chi connectivity index (χ2v) is 6.02. The number of methoxy groups -OCH3 is 1. The highest BCUT2D eigenvalue weighted by Gasteiger charge is 2.09. The quantitative estimate of drug-likeness (QED) is 0.517. The van der Waals surface area contributed by atoms with E-state index in [1.165, 1.54) is 0 Å². The third-order valence-corrected chi connectivity index (χ3v) is 4.57. The summed E-state index contributed by atoms with van der Waals surface area (Å²) < 4.78 is 13.0. The van der Waals surface area contributed by atoms with Crippen molar-refractivity contribution in [2.45, 2.75) is 0 Å². The fourth-order valence-corrected chi connectivity index (χ4v) is 3.07. The summed E-state index contributed by atoms with van der Waals surface area (Å²) in [5.74, 6) is 0.673. The summed E-state index contributed by atoms with van der Waals surface area (Å²) in [4.78, 5) is 0.226. The predicted molar refractivity (Wildman–Crippen MR) is 93.8 cm³/mol. The standard InChI is InChI=1S/C15H9Cl2NO2S2/c1-19-9-3-4-10-13(7-9)20-15(22)18(14(10)21)8-2-5-11(16)12(17)6-8/h2-7H,1H3. The summed E-state index contributed by atoms with van der Waals surface area (Å²) in [6, 6.07) is 10.6. The number of hydrogen-bond donors (Lipinski definition) is 0. The molecule has 3 nitrogen and oxygen atoms in total. The van der Waals surface area contributed by atoms with Crippen LogP contribution in [0.2, 0.25) is 10.0 Å². The van der Waals surface area contributed by atoms with Crippen LogP contribution in [0.5, 0.6) is 5.75 Å². The molecule has 2 aromatic carbocycles. The van der Waals surface area contributed by atoms with Crippen LogP contribution in [0.25, 0.3) is 16.7 Å². The van der Waals surface area contributed by atoms with Crippen LogP contribution >= 0.6 is 47.6 Å². The number of rotatable bonds is 2. The molecule has 0 N–H and O–H groups in total. The Morgan fingerprint density at radius 3 is 2.50 bits per heavy atom. The lowest BCUT2D eigenvalue weighted by Crippen LogP contribution is -1.99. The third kappa shape index (κ3) is 2.65. The van der Waals surface area contributed by atoms with Gasteiger partial charge >= 0.3 is 0 Å². The molecular weight excluding hydrogens is 361 g/mol. The molecule has 0 atom stereocenters. The van der Waals surface area contributed by atoms with Crippen LogP contribution in [0.4, 0.5) is 0 Å². The van der Waals surface area contributed by atoms with E-state index in [1.54, 1.807) is 35.9 Å². The third-order valence-electron chi connectivity index (χ3n) is 3.16. The van der Waals surface area contributed by atoms with Crippen molar-refractivity contribution in [3.63, 3.8) is 0 Å². The predicted octanol–water partition coefficient (Wildman–Crippen LogP) is 6.00. The van der Waals surface area contributed by atoms with Gasteiger partial charge < -0.3 is 9.15 Å². The number of ether oxygens (including phenoxy) is 1. The monoisotopic (exact) mass is 369 g/mol. The minimum atomic E-state index is 0.226. The minimum absolute atomic E-state index is 0.226. The molecule has 0 aliphatic carbocycles. The summed E-state index contributed by atoms with van der Waals surface area (Å²) in [7, 11) is 1.59. The van der Waals surface area contributed by atoms with Crippen LogP contribution in [0, 0.1) is 9.48 Å². The van der Waals surface area contributed by atoms with Crippen molar-refractivity contribution in [1.29, 1.82) is 0 Å². The second-order valence-electron chi connectivity index (χ2n) is 4.47. The largest absolute Gasteiger partial charge is 0.497 e. The molecule has 3 aromatic rings. The zero-order chi connectivity index (χ0) is 15.9. The van der Waals surface area contributed by atoms with Crippen molar-refractivity contribution in [3.8, 4) is 11.4 Å². The lowest BCUT2D eigenvalue weighted by Gasteiger charge is -2.10. The van der Waals surface area contributed by atoms with Gasteiger partial charge in [-0.15, -0.1) is 0 Å². The summed E-state index contributed by atoms with van der Waals surface area (Å²) in [5, 5.41) is 1.64. The van der Waals surface area contributed by atoms with Crippen LogP contribution in [-0.2, 0) is 0 Å². The van der Waals surface area contributed by atoms with Gasteiger partial charge in [0.05, 0.1) is 28.2 Å². The smallest absolute Gasteiger partial charge is 0.274 e. The highest BCUT2D eigenvalue weighted by atomic mass is 35.5. The average molecular weight is 370 g/mol. The first-order valence-electron chi connectivity index (χ1n) is 6.20. The molecule has 0 aliphatic rings. The van der Waals surface area contributed by atoms with E-state index in [0.29, 0.717) is 31.7 Å². The zero-order valence-electron chi connectivity index (χ0n) is 11.3. The van der Waals surface area contributed by atoms with Gasteiger partial charge in [0.15, 0.2) is 0 Å². The van der Waals surface area contributed by atoms with Crippen molar-refractivity contribution >= 4 is 58.6 Å². The van der Waals surface area contributed by atoms with Crippen LogP contribution in [0.1, 0.15) is 0 Å². The molecule has 0 spiro atoms. The van der Waals surface area contributed by atoms with E-state index in [0.717, 1.165) is 5.39 Å². The van der Waals surface area contributed by atoms with E-state index in [2.05, 4.69) is 0 Å². The molecule has 0 saturated carbocycles. The van der Waals surface area contributed by atoms with Crippen LogP contribution < -0.4 is 4.74 Å². The Bertz CT molecular complexity index is 995. The normalized spacial score (nSPS) is 10.9. The highest BCUT2D eigenvalue weighted by molar-refractivity contribution is 7.72. The van der Waals surface area contributed by atoms with Crippen molar-refractivity contribution < 1.29 is 9.15 Å². The van der Waals surface area contributed by atoms with Crippen molar-refractivity contribution in [2.75, 3.05) is 7.11 Å². The first-order chi connectivity index (χ1) is 10.5. The number of aromatic nitrogens is 1. The summed E-state index contributed by atoms with van der Waals surface area (Å²) >= 11 is 22.9.